The average molecular weight is 226 g/mol. The van der Waals surface area contributed by atoms with Crippen molar-refractivity contribution >= 4 is 11.6 Å². The van der Waals surface area contributed by atoms with Crippen LogP contribution in [0.15, 0.2) is 18.2 Å². The summed E-state index contributed by atoms with van der Waals surface area (Å²) in [5.74, 6) is -0.723. The number of primary amides is 1. The number of carbonyl (C=O) groups is 1. The third-order valence-electron chi connectivity index (χ3n) is 2.17. The molecule has 0 aliphatic carbocycles. The van der Waals surface area contributed by atoms with Crippen molar-refractivity contribution in [3.8, 4) is 5.75 Å². The van der Waals surface area contributed by atoms with Crippen LogP contribution in [-0.2, 0) is 4.79 Å². The molecule has 0 bridgehead atoms. The second kappa shape index (κ2) is 4.82. The van der Waals surface area contributed by atoms with Gasteiger partial charge in [0, 0.05) is 17.3 Å². The van der Waals surface area contributed by atoms with Gasteiger partial charge in [-0.25, -0.2) is 0 Å². The van der Waals surface area contributed by atoms with Crippen molar-refractivity contribution in [3.05, 3.63) is 23.8 Å². The summed E-state index contributed by atoms with van der Waals surface area (Å²) in [6.07, 6.45) is -3.12. The fraction of sp³-hybridized carbons (Fsp3) is 0.300. The van der Waals surface area contributed by atoms with E-state index in [4.69, 9.17) is 16.2 Å². The van der Waals surface area contributed by atoms with Crippen molar-refractivity contribution in [2.45, 2.75) is 12.2 Å². The number of hydrogen-bond acceptors (Lipinski definition) is 5. The standard InChI is InChI=1S/C10H14N2O4/c1-16-7-4-5(11)2-3-6(7)8(13)9(14)10(12)15/h2-4,8-9,13-14H,11H2,1H3,(H2,12,15). The summed E-state index contributed by atoms with van der Waals surface area (Å²) in [5.41, 5.74) is 11.1. The first-order valence-corrected chi connectivity index (χ1v) is 4.56. The number of methoxy groups -OCH3 is 1. The lowest BCUT2D eigenvalue weighted by Crippen LogP contribution is -2.34. The molecule has 0 aliphatic heterocycles. The van der Waals surface area contributed by atoms with Crippen LogP contribution in [0.1, 0.15) is 11.7 Å². The molecule has 0 heterocycles. The van der Waals surface area contributed by atoms with Crippen LogP contribution in [0.5, 0.6) is 5.75 Å². The van der Waals surface area contributed by atoms with Gasteiger partial charge in [-0.3, -0.25) is 4.79 Å². The fourth-order valence-corrected chi connectivity index (χ4v) is 1.30. The Labute approximate surface area is 92.4 Å². The van der Waals surface area contributed by atoms with Gasteiger partial charge in [0.05, 0.1) is 7.11 Å². The molecule has 0 saturated carbocycles. The number of anilines is 1. The number of amides is 1. The summed E-state index contributed by atoms with van der Waals surface area (Å²) in [5, 5.41) is 19.0. The summed E-state index contributed by atoms with van der Waals surface area (Å²) in [4.78, 5) is 10.7. The lowest BCUT2D eigenvalue weighted by molar-refractivity contribution is -0.132. The molecular formula is C10H14N2O4. The zero-order valence-corrected chi connectivity index (χ0v) is 8.75. The quantitative estimate of drug-likeness (QED) is 0.499. The summed E-state index contributed by atoms with van der Waals surface area (Å²) < 4.78 is 4.97. The van der Waals surface area contributed by atoms with Crippen molar-refractivity contribution in [1.82, 2.24) is 0 Å². The Hall–Kier alpha value is -1.79. The third-order valence-corrected chi connectivity index (χ3v) is 2.17. The van der Waals surface area contributed by atoms with Crippen molar-refractivity contribution in [2.75, 3.05) is 12.8 Å². The van der Waals surface area contributed by atoms with E-state index in [1.807, 2.05) is 0 Å². The van der Waals surface area contributed by atoms with Crippen LogP contribution in [0.4, 0.5) is 5.69 Å². The van der Waals surface area contributed by atoms with Crippen molar-refractivity contribution in [2.24, 2.45) is 5.73 Å². The molecule has 0 saturated heterocycles. The van der Waals surface area contributed by atoms with Crippen LogP contribution < -0.4 is 16.2 Å². The highest BCUT2D eigenvalue weighted by atomic mass is 16.5. The van der Waals surface area contributed by atoms with Gasteiger partial charge in [0.1, 0.15) is 11.9 Å². The minimum atomic E-state index is -1.68. The second-order valence-corrected chi connectivity index (χ2v) is 3.29. The SMILES string of the molecule is COc1cc(N)ccc1C(O)C(O)C(N)=O. The number of aliphatic hydroxyl groups excluding tert-OH is 2. The molecule has 0 fully saturated rings. The molecule has 2 atom stereocenters. The van der Waals surface area contributed by atoms with Crippen molar-refractivity contribution in [1.29, 1.82) is 0 Å². The number of aliphatic hydroxyl groups is 2. The van der Waals surface area contributed by atoms with E-state index in [2.05, 4.69) is 0 Å². The van der Waals surface area contributed by atoms with Gasteiger partial charge in [-0.15, -0.1) is 0 Å². The first-order chi connectivity index (χ1) is 7.47. The van der Waals surface area contributed by atoms with Crippen LogP contribution in [0, 0.1) is 0 Å². The maximum atomic E-state index is 10.7. The highest BCUT2D eigenvalue weighted by Crippen LogP contribution is 2.29. The number of carbonyl (C=O) groups excluding carboxylic acids is 1. The van der Waals surface area contributed by atoms with E-state index in [1.54, 1.807) is 0 Å². The van der Waals surface area contributed by atoms with E-state index < -0.39 is 18.1 Å². The second-order valence-electron chi connectivity index (χ2n) is 3.29. The van der Waals surface area contributed by atoms with Crippen molar-refractivity contribution in [3.63, 3.8) is 0 Å². The maximum absolute atomic E-state index is 10.7. The van der Waals surface area contributed by atoms with E-state index >= 15 is 0 Å². The molecule has 6 nitrogen and oxygen atoms in total. The maximum Gasteiger partial charge on any atom is 0.249 e. The minimum Gasteiger partial charge on any atom is -0.496 e. The minimum absolute atomic E-state index is 0.253. The lowest BCUT2D eigenvalue weighted by Gasteiger charge is -2.18. The van der Waals surface area contributed by atoms with Gasteiger partial charge < -0.3 is 26.4 Å². The van der Waals surface area contributed by atoms with Gasteiger partial charge in [0.15, 0.2) is 6.10 Å². The van der Waals surface area contributed by atoms with Gasteiger partial charge >= 0.3 is 0 Å². The average Bonchev–Trinajstić information content (AvgIpc) is 2.26. The summed E-state index contributed by atoms with van der Waals surface area (Å²) in [6, 6.07) is 4.46. The fourth-order valence-electron chi connectivity index (χ4n) is 1.30. The molecular weight excluding hydrogens is 212 g/mol. The Morgan fingerprint density at radius 1 is 1.44 bits per heavy atom. The Morgan fingerprint density at radius 3 is 2.56 bits per heavy atom. The normalized spacial score (nSPS) is 14.2. The van der Waals surface area contributed by atoms with Gasteiger partial charge in [-0.05, 0) is 6.07 Å². The number of hydrogen-bond donors (Lipinski definition) is 4. The zero-order chi connectivity index (χ0) is 12.3. The molecule has 0 spiro atoms. The van der Waals surface area contributed by atoms with E-state index in [-0.39, 0.29) is 11.3 Å². The molecule has 0 radical (unpaired) electrons. The Bertz CT molecular complexity index is 394. The topological polar surface area (TPSA) is 119 Å². The van der Waals surface area contributed by atoms with E-state index in [0.29, 0.717) is 5.69 Å². The summed E-state index contributed by atoms with van der Waals surface area (Å²) in [6.45, 7) is 0. The Kier molecular flexibility index (Phi) is 3.70. The molecule has 1 amide bonds. The van der Waals surface area contributed by atoms with E-state index in [0.717, 1.165) is 0 Å². The first-order valence-electron chi connectivity index (χ1n) is 4.56. The molecule has 6 N–H and O–H groups in total. The highest BCUT2D eigenvalue weighted by Gasteiger charge is 2.26. The number of benzene rings is 1. The Balaban J connectivity index is 3.07. The molecule has 16 heavy (non-hydrogen) atoms. The van der Waals surface area contributed by atoms with Gasteiger partial charge in [0.25, 0.3) is 0 Å². The zero-order valence-electron chi connectivity index (χ0n) is 8.75. The van der Waals surface area contributed by atoms with Gasteiger partial charge in [-0.2, -0.15) is 0 Å². The van der Waals surface area contributed by atoms with Crippen LogP contribution in [0.25, 0.3) is 0 Å². The highest BCUT2D eigenvalue weighted by molar-refractivity contribution is 5.79. The first kappa shape index (κ1) is 12.3. The number of nitrogens with two attached hydrogens (primary N) is 2. The van der Waals surface area contributed by atoms with Gasteiger partial charge in [0.2, 0.25) is 5.91 Å². The molecule has 2 unspecified atom stereocenters. The van der Waals surface area contributed by atoms with Crippen LogP contribution in [-0.4, -0.2) is 29.3 Å². The van der Waals surface area contributed by atoms with Gasteiger partial charge in [-0.1, -0.05) is 6.07 Å². The predicted molar refractivity (Wildman–Crippen MR) is 57.6 cm³/mol. The van der Waals surface area contributed by atoms with Crippen LogP contribution in [0.3, 0.4) is 0 Å². The van der Waals surface area contributed by atoms with Crippen molar-refractivity contribution < 1.29 is 19.7 Å². The predicted octanol–water partition coefficient (Wildman–Crippen LogP) is -0.843. The Morgan fingerprint density at radius 2 is 2.06 bits per heavy atom. The molecule has 88 valence electrons. The monoisotopic (exact) mass is 226 g/mol. The lowest BCUT2D eigenvalue weighted by atomic mass is 10.0. The molecule has 1 rings (SSSR count). The number of ether oxygens (including phenoxy) is 1. The smallest absolute Gasteiger partial charge is 0.249 e. The van der Waals surface area contributed by atoms with Crippen LogP contribution in [0.2, 0.25) is 0 Å². The van der Waals surface area contributed by atoms with E-state index in [1.165, 1.54) is 25.3 Å². The van der Waals surface area contributed by atoms with Crippen LogP contribution >= 0.6 is 0 Å². The molecule has 6 heteroatoms. The largest absolute Gasteiger partial charge is 0.496 e. The summed E-state index contributed by atoms with van der Waals surface area (Å²) >= 11 is 0. The number of rotatable bonds is 4. The molecule has 0 aliphatic rings. The van der Waals surface area contributed by atoms with E-state index in [9.17, 15) is 15.0 Å². The molecule has 1 aromatic carbocycles. The summed E-state index contributed by atoms with van der Waals surface area (Å²) in [7, 11) is 1.39. The third kappa shape index (κ3) is 2.41. The molecule has 0 aromatic heterocycles. The number of nitrogen functional groups attached to an aromatic ring is 1. The molecule has 1 aromatic rings.